The smallest absolute Gasteiger partial charge is 0.239 e. The lowest BCUT2D eigenvalue weighted by atomic mass is 10.2. The molecule has 1 aromatic rings. The number of carbonyl (C=O) groups is 1. The van der Waals surface area contributed by atoms with Crippen LogP contribution in [0, 0.1) is 0 Å². The van der Waals surface area contributed by atoms with E-state index in [0.717, 1.165) is 24.5 Å². The monoisotopic (exact) mass is 336 g/mol. The van der Waals surface area contributed by atoms with Gasteiger partial charge in [-0.15, -0.1) is 0 Å². The number of para-hydroxylation sites is 2. The van der Waals surface area contributed by atoms with Crippen LogP contribution >= 0.6 is 0 Å². The molecule has 2 unspecified atom stereocenters. The zero-order valence-electron chi connectivity index (χ0n) is 15.0. The van der Waals surface area contributed by atoms with E-state index < -0.39 is 0 Å². The van der Waals surface area contributed by atoms with Crippen molar-refractivity contribution in [3.8, 4) is 11.5 Å². The fraction of sp³-hybridized carbons (Fsp3) is 0.611. The third-order valence-corrected chi connectivity index (χ3v) is 4.30. The van der Waals surface area contributed by atoms with Crippen molar-refractivity contribution in [3.63, 3.8) is 0 Å². The highest BCUT2D eigenvalue weighted by atomic mass is 16.6. The Labute approximate surface area is 144 Å². The van der Waals surface area contributed by atoms with Gasteiger partial charge in [0.15, 0.2) is 17.6 Å². The molecule has 0 bridgehead atoms. The van der Waals surface area contributed by atoms with Crippen LogP contribution in [-0.4, -0.2) is 75.4 Å². The van der Waals surface area contributed by atoms with Gasteiger partial charge in [-0.1, -0.05) is 12.1 Å². The molecular formula is C18H28N2O4. The molecule has 2 atom stereocenters. The second-order valence-electron chi connectivity index (χ2n) is 6.22. The Morgan fingerprint density at radius 1 is 1.33 bits per heavy atom. The lowest BCUT2D eigenvalue weighted by molar-refractivity contribution is -0.136. The molecule has 0 radical (unpaired) electrons. The molecule has 0 fully saturated rings. The standard InChI is InChI=1S/C18H28N2O4/c1-14(19(2)10-7-11-22-4)18(21)20(3)12-15-13-23-16-8-5-6-9-17(16)24-15/h5-6,8-9,14-15H,7,10-13H2,1-4H3. The molecule has 24 heavy (non-hydrogen) atoms. The second-order valence-corrected chi connectivity index (χ2v) is 6.22. The lowest BCUT2D eigenvalue weighted by Crippen LogP contribution is -2.48. The van der Waals surface area contributed by atoms with Crippen LogP contribution in [0.1, 0.15) is 13.3 Å². The zero-order valence-corrected chi connectivity index (χ0v) is 15.0. The summed E-state index contributed by atoms with van der Waals surface area (Å²) in [6, 6.07) is 7.42. The maximum atomic E-state index is 12.6. The first kappa shape index (κ1) is 18.5. The van der Waals surface area contributed by atoms with Gasteiger partial charge in [0.2, 0.25) is 5.91 Å². The maximum absolute atomic E-state index is 12.6. The Kier molecular flexibility index (Phi) is 6.87. The van der Waals surface area contributed by atoms with Gasteiger partial charge in [-0.05, 0) is 32.5 Å². The number of amides is 1. The van der Waals surface area contributed by atoms with E-state index >= 15 is 0 Å². The van der Waals surface area contributed by atoms with Gasteiger partial charge in [0.05, 0.1) is 12.6 Å². The summed E-state index contributed by atoms with van der Waals surface area (Å²) in [5.74, 6) is 1.57. The minimum atomic E-state index is -0.177. The summed E-state index contributed by atoms with van der Waals surface area (Å²) < 4.78 is 16.7. The van der Waals surface area contributed by atoms with Crippen molar-refractivity contribution in [3.05, 3.63) is 24.3 Å². The average molecular weight is 336 g/mol. The molecule has 0 spiro atoms. The number of likely N-dealkylation sites (N-methyl/N-ethyl adjacent to an activating group) is 2. The predicted octanol–water partition coefficient (Wildman–Crippen LogP) is 1.64. The fourth-order valence-corrected chi connectivity index (χ4v) is 2.71. The first-order chi connectivity index (χ1) is 11.5. The van der Waals surface area contributed by atoms with Crippen LogP contribution in [0.15, 0.2) is 24.3 Å². The molecule has 0 saturated carbocycles. The summed E-state index contributed by atoms with van der Waals surface area (Å²) in [6.45, 7) is 4.41. The quantitative estimate of drug-likeness (QED) is 0.676. The van der Waals surface area contributed by atoms with Crippen molar-refractivity contribution in [1.29, 1.82) is 0 Å². The molecule has 1 aromatic carbocycles. The number of benzene rings is 1. The van der Waals surface area contributed by atoms with Gasteiger partial charge in [0.1, 0.15) is 6.61 Å². The van der Waals surface area contributed by atoms with Crippen LogP contribution in [0.25, 0.3) is 0 Å². The van der Waals surface area contributed by atoms with E-state index in [2.05, 4.69) is 0 Å². The van der Waals surface area contributed by atoms with E-state index in [1.54, 1.807) is 12.0 Å². The summed E-state index contributed by atoms with van der Waals surface area (Å²) >= 11 is 0. The number of hydrogen-bond acceptors (Lipinski definition) is 5. The Morgan fingerprint density at radius 3 is 2.75 bits per heavy atom. The molecule has 1 heterocycles. The third-order valence-electron chi connectivity index (χ3n) is 4.30. The number of hydrogen-bond donors (Lipinski definition) is 0. The van der Waals surface area contributed by atoms with Gasteiger partial charge in [-0.25, -0.2) is 0 Å². The molecule has 1 amide bonds. The van der Waals surface area contributed by atoms with Crippen molar-refractivity contribution in [2.75, 3.05) is 47.5 Å². The van der Waals surface area contributed by atoms with Gasteiger partial charge >= 0.3 is 0 Å². The van der Waals surface area contributed by atoms with E-state index in [9.17, 15) is 4.79 Å². The zero-order chi connectivity index (χ0) is 17.5. The predicted molar refractivity (Wildman–Crippen MR) is 92.6 cm³/mol. The van der Waals surface area contributed by atoms with E-state index in [4.69, 9.17) is 14.2 Å². The van der Waals surface area contributed by atoms with Crippen molar-refractivity contribution in [2.24, 2.45) is 0 Å². The molecule has 6 nitrogen and oxygen atoms in total. The molecule has 0 aromatic heterocycles. The summed E-state index contributed by atoms with van der Waals surface area (Å²) in [6.07, 6.45) is 0.755. The fourth-order valence-electron chi connectivity index (χ4n) is 2.71. The normalized spacial score (nSPS) is 17.6. The first-order valence-corrected chi connectivity index (χ1v) is 8.35. The number of ether oxygens (including phenoxy) is 3. The number of fused-ring (bicyclic) bond motifs is 1. The first-order valence-electron chi connectivity index (χ1n) is 8.35. The van der Waals surface area contributed by atoms with Crippen molar-refractivity contribution in [1.82, 2.24) is 9.80 Å². The molecular weight excluding hydrogens is 308 g/mol. The van der Waals surface area contributed by atoms with Gasteiger partial charge in [0.25, 0.3) is 0 Å². The second kappa shape index (κ2) is 8.89. The van der Waals surface area contributed by atoms with Gasteiger partial charge in [-0.3, -0.25) is 9.69 Å². The van der Waals surface area contributed by atoms with Crippen molar-refractivity contribution in [2.45, 2.75) is 25.5 Å². The number of carbonyl (C=O) groups excluding carboxylic acids is 1. The largest absolute Gasteiger partial charge is 0.486 e. The summed E-state index contributed by atoms with van der Waals surface area (Å²) in [4.78, 5) is 16.4. The van der Waals surface area contributed by atoms with E-state index in [1.807, 2.05) is 50.2 Å². The van der Waals surface area contributed by atoms with E-state index in [-0.39, 0.29) is 18.1 Å². The highest BCUT2D eigenvalue weighted by molar-refractivity contribution is 5.81. The van der Waals surface area contributed by atoms with E-state index in [1.165, 1.54) is 0 Å². The highest BCUT2D eigenvalue weighted by Gasteiger charge is 2.27. The van der Waals surface area contributed by atoms with Gasteiger partial charge in [0, 0.05) is 27.3 Å². The SMILES string of the molecule is COCCCN(C)C(C)C(=O)N(C)CC1COc2ccccc2O1. The summed E-state index contributed by atoms with van der Waals surface area (Å²) in [7, 11) is 5.46. The maximum Gasteiger partial charge on any atom is 0.239 e. The Balaban J connectivity index is 1.83. The Hall–Kier alpha value is -1.79. The molecule has 134 valence electrons. The minimum Gasteiger partial charge on any atom is -0.486 e. The van der Waals surface area contributed by atoms with Crippen LogP contribution in [0.3, 0.4) is 0 Å². The number of rotatable bonds is 8. The summed E-state index contributed by atoms with van der Waals surface area (Å²) in [5.41, 5.74) is 0. The third kappa shape index (κ3) is 4.85. The Bertz CT molecular complexity index is 538. The Morgan fingerprint density at radius 2 is 2.04 bits per heavy atom. The van der Waals surface area contributed by atoms with E-state index in [0.29, 0.717) is 19.8 Å². The molecule has 1 aliphatic heterocycles. The number of nitrogens with zero attached hydrogens (tertiary/aromatic N) is 2. The van der Waals surface area contributed by atoms with Crippen LogP contribution in [0.2, 0.25) is 0 Å². The van der Waals surface area contributed by atoms with Crippen molar-refractivity contribution >= 4 is 5.91 Å². The van der Waals surface area contributed by atoms with Crippen LogP contribution in [0.4, 0.5) is 0 Å². The topological polar surface area (TPSA) is 51.2 Å². The molecule has 1 aliphatic rings. The molecule has 2 rings (SSSR count). The summed E-state index contributed by atoms with van der Waals surface area (Å²) in [5, 5.41) is 0. The molecule has 0 N–H and O–H groups in total. The minimum absolute atomic E-state index is 0.0809. The van der Waals surface area contributed by atoms with Crippen LogP contribution < -0.4 is 9.47 Å². The average Bonchev–Trinajstić information content (AvgIpc) is 2.60. The van der Waals surface area contributed by atoms with Gasteiger partial charge in [-0.2, -0.15) is 0 Å². The highest BCUT2D eigenvalue weighted by Crippen LogP contribution is 2.30. The van der Waals surface area contributed by atoms with Crippen LogP contribution in [-0.2, 0) is 9.53 Å². The van der Waals surface area contributed by atoms with Crippen LogP contribution in [0.5, 0.6) is 11.5 Å². The lowest BCUT2D eigenvalue weighted by Gasteiger charge is -2.32. The van der Waals surface area contributed by atoms with Gasteiger partial charge < -0.3 is 19.1 Å². The molecule has 6 heteroatoms. The number of methoxy groups -OCH3 is 1. The van der Waals surface area contributed by atoms with Crippen molar-refractivity contribution < 1.29 is 19.0 Å². The molecule has 0 aliphatic carbocycles. The molecule has 0 saturated heterocycles.